The van der Waals surface area contributed by atoms with E-state index in [0.717, 1.165) is 16.7 Å². The molecule has 7 N–H and O–H groups in total. The Bertz CT molecular complexity index is 1190. The van der Waals surface area contributed by atoms with Gasteiger partial charge in [0.2, 0.25) is 0 Å². The Balaban J connectivity index is 1.81. The molecule has 1 heterocycles. The maximum Gasteiger partial charge on any atom is 0.303 e. The van der Waals surface area contributed by atoms with Crippen LogP contribution in [0.25, 0.3) is 0 Å². The Hall–Kier alpha value is -4.40. The highest BCUT2D eigenvalue weighted by atomic mass is 16.5. The lowest BCUT2D eigenvalue weighted by molar-refractivity contribution is -0.136. The zero-order valence-electron chi connectivity index (χ0n) is 18.8. The Kier molecular flexibility index (Phi) is 7.81. The average Bonchev–Trinajstić information content (AvgIpc) is 2.81. The number of carboxylic acids is 1. The van der Waals surface area contributed by atoms with Crippen molar-refractivity contribution >= 4 is 17.6 Å². The van der Waals surface area contributed by atoms with Gasteiger partial charge < -0.3 is 26.0 Å². The number of hydrogen-bond donors (Lipinski definition) is 5. The first kappa shape index (κ1) is 24.2. The smallest absolute Gasteiger partial charge is 0.303 e. The van der Waals surface area contributed by atoms with Crippen LogP contribution >= 0.6 is 0 Å². The molecule has 0 spiro atoms. The minimum Gasteiger partial charge on any atom is -0.489 e. The standard InChI is InChI=1S/C25H27N5O4/c1-15-23(34-13-16-2-4-17(5-3-16)24(26)27)21(10-11-22(31)32)19(12-30-15)14-33-20-8-6-18(7-9-20)25(28)29/h2-9,12H,10-11,13-14H2,1H3,(H3,26,27)(H3,28,29)(H,31,32). The number of nitrogens with two attached hydrogens (primary N) is 2. The summed E-state index contributed by atoms with van der Waals surface area (Å²) in [4.78, 5) is 15.7. The van der Waals surface area contributed by atoms with E-state index >= 15 is 0 Å². The lowest BCUT2D eigenvalue weighted by Gasteiger charge is -2.18. The summed E-state index contributed by atoms with van der Waals surface area (Å²) in [5, 5.41) is 24.2. The monoisotopic (exact) mass is 461 g/mol. The van der Waals surface area contributed by atoms with Crippen molar-refractivity contribution in [2.24, 2.45) is 11.5 Å². The Morgan fingerprint density at radius 3 is 2.09 bits per heavy atom. The fourth-order valence-electron chi connectivity index (χ4n) is 3.33. The van der Waals surface area contributed by atoms with Crippen molar-refractivity contribution in [2.75, 3.05) is 0 Å². The third-order valence-corrected chi connectivity index (χ3v) is 5.20. The summed E-state index contributed by atoms with van der Waals surface area (Å²) < 4.78 is 12.0. The molecule has 0 bridgehead atoms. The van der Waals surface area contributed by atoms with Gasteiger partial charge in [-0.3, -0.25) is 20.6 Å². The Morgan fingerprint density at radius 1 is 0.941 bits per heavy atom. The van der Waals surface area contributed by atoms with Crippen LogP contribution < -0.4 is 20.9 Å². The summed E-state index contributed by atoms with van der Waals surface area (Å²) in [5.74, 6) is 0.176. The fraction of sp³-hybridized carbons (Fsp3) is 0.200. The van der Waals surface area contributed by atoms with Crippen LogP contribution in [0.1, 0.15) is 39.9 Å². The van der Waals surface area contributed by atoms with Crippen molar-refractivity contribution in [3.8, 4) is 11.5 Å². The number of rotatable bonds is 11. The fourth-order valence-corrected chi connectivity index (χ4v) is 3.33. The van der Waals surface area contributed by atoms with Gasteiger partial charge in [-0.25, -0.2) is 0 Å². The van der Waals surface area contributed by atoms with E-state index in [9.17, 15) is 9.90 Å². The molecule has 0 saturated carbocycles. The number of ether oxygens (including phenoxy) is 2. The number of aliphatic carboxylic acids is 1. The molecule has 0 saturated heterocycles. The van der Waals surface area contributed by atoms with E-state index in [2.05, 4.69) is 4.98 Å². The first-order valence-electron chi connectivity index (χ1n) is 10.6. The SMILES string of the molecule is Cc1ncc(COc2ccc(C(=N)N)cc2)c(CCC(=O)O)c1OCc1ccc(C(=N)N)cc1. The second-order valence-corrected chi connectivity index (χ2v) is 7.70. The number of benzene rings is 2. The number of amidine groups is 2. The topological polar surface area (TPSA) is 168 Å². The maximum atomic E-state index is 11.3. The van der Waals surface area contributed by atoms with Crippen molar-refractivity contribution in [1.82, 2.24) is 4.98 Å². The number of carbonyl (C=O) groups is 1. The molecule has 0 atom stereocenters. The number of hydrogen-bond acceptors (Lipinski definition) is 6. The van der Waals surface area contributed by atoms with Crippen molar-refractivity contribution in [3.05, 3.63) is 88.2 Å². The molecule has 0 amide bonds. The van der Waals surface area contributed by atoms with Crippen LogP contribution in [0.15, 0.2) is 54.7 Å². The number of nitrogen functional groups attached to an aromatic ring is 2. The molecule has 0 unspecified atom stereocenters. The Morgan fingerprint density at radius 2 is 1.53 bits per heavy atom. The number of nitrogens with zero attached hydrogens (tertiary/aromatic N) is 1. The van der Waals surface area contributed by atoms with Gasteiger partial charge in [-0.05, 0) is 43.2 Å². The molecule has 0 aliphatic heterocycles. The molecule has 0 radical (unpaired) electrons. The predicted molar refractivity (Wildman–Crippen MR) is 129 cm³/mol. The highest BCUT2D eigenvalue weighted by Gasteiger charge is 2.16. The van der Waals surface area contributed by atoms with Gasteiger partial charge in [0.05, 0.1) is 5.69 Å². The van der Waals surface area contributed by atoms with E-state index in [1.54, 1.807) is 42.6 Å². The van der Waals surface area contributed by atoms with Crippen LogP contribution in [0.3, 0.4) is 0 Å². The van der Waals surface area contributed by atoms with Gasteiger partial charge in [-0.1, -0.05) is 24.3 Å². The summed E-state index contributed by atoms with van der Waals surface area (Å²) >= 11 is 0. The molecule has 0 aliphatic rings. The number of pyridine rings is 1. The van der Waals surface area contributed by atoms with E-state index in [0.29, 0.717) is 28.3 Å². The zero-order valence-corrected chi connectivity index (χ0v) is 18.8. The van der Waals surface area contributed by atoms with E-state index in [4.69, 9.17) is 31.8 Å². The highest BCUT2D eigenvalue weighted by molar-refractivity contribution is 5.95. The third-order valence-electron chi connectivity index (χ3n) is 5.20. The second-order valence-electron chi connectivity index (χ2n) is 7.70. The molecule has 9 nitrogen and oxygen atoms in total. The number of nitrogens with one attached hydrogen (secondary N) is 2. The summed E-state index contributed by atoms with van der Waals surface area (Å²) in [6.07, 6.45) is 1.87. The summed E-state index contributed by atoms with van der Waals surface area (Å²) in [5.41, 5.74) is 15.2. The van der Waals surface area contributed by atoms with Gasteiger partial charge in [0.1, 0.15) is 36.4 Å². The van der Waals surface area contributed by atoms with Gasteiger partial charge in [0, 0.05) is 34.9 Å². The molecular formula is C25H27N5O4. The van der Waals surface area contributed by atoms with Gasteiger partial charge in [-0.15, -0.1) is 0 Å². The predicted octanol–water partition coefficient (Wildman–Crippen LogP) is 3.13. The van der Waals surface area contributed by atoms with Gasteiger partial charge >= 0.3 is 5.97 Å². The molecule has 2 aromatic carbocycles. The lowest BCUT2D eigenvalue weighted by Crippen LogP contribution is -2.11. The molecule has 3 rings (SSSR count). The first-order chi connectivity index (χ1) is 16.2. The van der Waals surface area contributed by atoms with E-state index in [1.807, 2.05) is 19.1 Å². The Labute approximate surface area is 197 Å². The lowest BCUT2D eigenvalue weighted by atomic mass is 10.0. The molecule has 34 heavy (non-hydrogen) atoms. The molecule has 9 heteroatoms. The molecule has 0 fully saturated rings. The van der Waals surface area contributed by atoms with E-state index < -0.39 is 5.97 Å². The minimum atomic E-state index is -0.910. The van der Waals surface area contributed by atoms with Crippen LogP contribution in [-0.4, -0.2) is 27.7 Å². The largest absolute Gasteiger partial charge is 0.489 e. The molecule has 3 aromatic rings. The molecular weight excluding hydrogens is 434 g/mol. The van der Waals surface area contributed by atoms with Gasteiger partial charge in [-0.2, -0.15) is 0 Å². The summed E-state index contributed by atoms with van der Waals surface area (Å²) in [6.45, 7) is 2.23. The van der Waals surface area contributed by atoms with Crippen LogP contribution in [0.2, 0.25) is 0 Å². The van der Waals surface area contributed by atoms with E-state index in [1.165, 1.54) is 0 Å². The first-order valence-corrected chi connectivity index (χ1v) is 10.6. The zero-order chi connectivity index (χ0) is 24.7. The normalized spacial score (nSPS) is 10.5. The summed E-state index contributed by atoms with van der Waals surface area (Å²) in [7, 11) is 0. The van der Waals surface area contributed by atoms with Gasteiger partial charge in [0.15, 0.2) is 0 Å². The quantitative estimate of drug-likeness (QED) is 0.216. The molecule has 1 aromatic heterocycles. The second kappa shape index (κ2) is 11.0. The third kappa shape index (κ3) is 6.32. The number of aryl methyl sites for hydroxylation is 1. The van der Waals surface area contributed by atoms with Crippen molar-refractivity contribution in [2.45, 2.75) is 33.0 Å². The summed E-state index contributed by atoms with van der Waals surface area (Å²) in [6, 6.07) is 14.0. The van der Waals surface area contributed by atoms with Crippen LogP contribution in [0.5, 0.6) is 11.5 Å². The average molecular weight is 462 g/mol. The van der Waals surface area contributed by atoms with Crippen molar-refractivity contribution in [3.63, 3.8) is 0 Å². The highest BCUT2D eigenvalue weighted by Crippen LogP contribution is 2.29. The minimum absolute atomic E-state index is 0.00731. The molecule has 176 valence electrons. The number of carboxylic acid groups (broad SMARTS) is 1. The molecule has 0 aliphatic carbocycles. The number of aromatic nitrogens is 1. The van der Waals surface area contributed by atoms with Crippen LogP contribution in [0.4, 0.5) is 0 Å². The van der Waals surface area contributed by atoms with Crippen molar-refractivity contribution in [1.29, 1.82) is 10.8 Å². The maximum absolute atomic E-state index is 11.3. The van der Waals surface area contributed by atoms with Crippen LogP contribution in [0, 0.1) is 17.7 Å². The van der Waals surface area contributed by atoms with Crippen LogP contribution in [-0.2, 0) is 24.4 Å². The van der Waals surface area contributed by atoms with Crippen molar-refractivity contribution < 1.29 is 19.4 Å². The van der Waals surface area contributed by atoms with E-state index in [-0.39, 0.29) is 37.7 Å². The van der Waals surface area contributed by atoms with Gasteiger partial charge in [0.25, 0.3) is 0 Å².